The van der Waals surface area contributed by atoms with E-state index >= 15 is 0 Å². The molecule has 0 aliphatic carbocycles. The van der Waals surface area contributed by atoms with Crippen LogP contribution >= 0.6 is 15.9 Å². The van der Waals surface area contributed by atoms with Gasteiger partial charge in [0.05, 0.1) is 49.8 Å². The molecule has 13 nitrogen and oxygen atoms in total. The van der Waals surface area contributed by atoms with Crippen LogP contribution in [0.15, 0.2) is 22.7 Å². The van der Waals surface area contributed by atoms with Crippen molar-refractivity contribution in [1.82, 2.24) is 0 Å². The van der Waals surface area contributed by atoms with Crippen LogP contribution in [0.5, 0.6) is 5.75 Å². The van der Waals surface area contributed by atoms with E-state index in [0.29, 0.717) is 10.2 Å². The van der Waals surface area contributed by atoms with Gasteiger partial charge in [-0.05, 0) is 30.2 Å². The summed E-state index contributed by atoms with van der Waals surface area (Å²) in [4.78, 5) is 77.4. The number of hydrogen-bond donors (Lipinski definition) is 0. The van der Waals surface area contributed by atoms with E-state index < -0.39 is 71.8 Å². The van der Waals surface area contributed by atoms with Crippen LogP contribution in [0, 0.1) is 23.7 Å². The summed E-state index contributed by atoms with van der Waals surface area (Å²) in [5.41, 5.74) is 0.266. The van der Waals surface area contributed by atoms with Gasteiger partial charge in [-0.2, -0.15) is 0 Å². The van der Waals surface area contributed by atoms with E-state index in [1.54, 1.807) is 12.1 Å². The molecule has 216 valence electrons. The van der Waals surface area contributed by atoms with Gasteiger partial charge in [0.15, 0.2) is 17.8 Å². The van der Waals surface area contributed by atoms with Gasteiger partial charge in [0, 0.05) is 16.3 Å². The highest BCUT2D eigenvalue weighted by Gasteiger charge is 2.51. The Morgan fingerprint density at radius 2 is 0.974 bits per heavy atom. The highest BCUT2D eigenvalue weighted by Crippen LogP contribution is 2.43. The zero-order valence-corrected chi connectivity index (χ0v) is 24.1. The molecule has 0 fully saturated rings. The quantitative estimate of drug-likeness (QED) is 0.177. The molecule has 0 aromatic heterocycles. The van der Waals surface area contributed by atoms with Crippen molar-refractivity contribution in [2.24, 2.45) is 23.7 Å². The zero-order chi connectivity index (χ0) is 29.9. The Balaban J connectivity index is 4.12. The summed E-state index contributed by atoms with van der Waals surface area (Å²) < 4.78 is 34.5. The zero-order valence-electron chi connectivity index (χ0n) is 22.5. The van der Waals surface area contributed by atoms with Gasteiger partial charge < -0.3 is 33.2 Å². The Hall–Kier alpha value is -3.68. The Labute approximate surface area is 233 Å². The van der Waals surface area contributed by atoms with Gasteiger partial charge in [0.2, 0.25) is 0 Å². The summed E-state index contributed by atoms with van der Waals surface area (Å²) in [6.07, 6.45) is -0.523. The fraction of sp³-hybridized carbons (Fsp3) is 0.520. The van der Waals surface area contributed by atoms with Crippen LogP contribution in [-0.2, 0) is 57.2 Å². The Kier molecular flexibility index (Phi) is 13.4. The molecule has 1 atom stereocenters. The third kappa shape index (κ3) is 7.91. The number of rotatable bonds is 13. The minimum Gasteiger partial charge on any atom is -0.497 e. The van der Waals surface area contributed by atoms with E-state index in [1.807, 2.05) is 0 Å². The predicted octanol–water partition coefficient (Wildman–Crippen LogP) is 1.43. The maximum absolute atomic E-state index is 12.9. The summed E-state index contributed by atoms with van der Waals surface area (Å²) >= 11 is 3.38. The highest BCUT2D eigenvalue weighted by molar-refractivity contribution is 9.10. The average Bonchev–Trinajstić information content (AvgIpc) is 2.95. The molecule has 1 aromatic rings. The molecule has 1 rings (SSSR count). The lowest BCUT2D eigenvalue weighted by atomic mass is 9.71. The predicted molar refractivity (Wildman–Crippen MR) is 134 cm³/mol. The van der Waals surface area contributed by atoms with Gasteiger partial charge in [-0.15, -0.1) is 0 Å². The minimum absolute atomic E-state index is 0.266. The van der Waals surface area contributed by atoms with Crippen molar-refractivity contribution < 1.29 is 61.9 Å². The monoisotopic (exact) mass is 618 g/mol. The molecule has 0 aliphatic heterocycles. The van der Waals surface area contributed by atoms with Crippen molar-refractivity contribution in [2.75, 3.05) is 49.8 Å². The summed E-state index contributed by atoms with van der Waals surface area (Å²) in [6, 6.07) is 4.64. The smallest absolute Gasteiger partial charge is 0.320 e. The molecule has 39 heavy (non-hydrogen) atoms. The molecule has 0 radical (unpaired) electrons. The van der Waals surface area contributed by atoms with Crippen molar-refractivity contribution in [1.29, 1.82) is 0 Å². The minimum atomic E-state index is -1.88. The molecule has 1 aromatic carbocycles. The summed E-state index contributed by atoms with van der Waals surface area (Å²) in [5, 5.41) is 0. The fourth-order valence-electron chi connectivity index (χ4n) is 4.21. The number of hydrogen-bond acceptors (Lipinski definition) is 13. The molecule has 0 heterocycles. The lowest BCUT2D eigenvalue weighted by Gasteiger charge is -2.33. The lowest BCUT2D eigenvalue weighted by Crippen LogP contribution is -2.45. The van der Waals surface area contributed by atoms with Crippen LogP contribution in [0.1, 0.15) is 17.9 Å². The topological polar surface area (TPSA) is 167 Å². The average molecular weight is 619 g/mol. The number of halogens is 1. The van der Waals surface area contributed by atoms with E-state index in [1.165, 1.54) is 13.2 Å². The van der Waals surface area contributed by atoms with E-state index in [-0.39, 0.29) is 5.56 Å². The van der Waals surface area contributed by atoms with Gasteiger partial charge in [-0.25, -0.2) is 0 Å². The number of esters is 6. The van der Waals surface area contributed by atoms with Crippen LogP contribution in [0.3, 0.4) is 0 Å². The van der Waals surface area contributed by atoms with Crippen molar-refractivity contribution in [3.05, 3.63) is 28.2 Å². The number of benzene rings is 1. The maximum Gasteiger partial charge on any atom is 0.320 e. The van der Waals surface area contributed by atoms with Gasteiger partial charge in [0.1, 0.15) is 5.75 Å². The van der Waals surface area contributed by atoms with Crippen LogP contribution < -0.4 is 4.74 Å². The summed E-state index contributed by atoms with van der Waals surface area (Å²) in [7, 11) is 7.43. The molecule has 0 saturated heterocycles. The first-order valence-corrected chi connectivity index (χ1v) is 12.1. The third-order valence-electron chi connectivity index (χ3n) is 6.12. The molecule has 0 aliphatic rings. The molecule has 14 heteroatoms. The van der Waals surface area contributed by atoms with Gasteiger partial charge in [0.25, 0.3) is 0 Å². The molecule has 0 amide bonds. The van der Waals surface area contributed by atoms with Crippen LogP contribution in [0.4, 0.5) is 0 Å². The lowest BCUT2D eigenvalue weighted by molar-refractivity contribution is -0.170. The van der Waals surface area contributed by atoms with Crippen molar-refractivity contribution in [2.45, 2.75) is 12.3 Å². The number of methoxy groups -OCH3 is 7. The Bertz CT molecular complexity index is 986. The molecule has 0 bridgehead atoms. The number of carbonyl (C=O) groups is 6. The second-order valence-electron chi connectivity index (χ2n) is 7.97. The molecular weight excluding hydrogens is 588 g/mol. The largest absolute Gasteiger partial charge is 0.497 e. The normalized spacial score (nSPS) is 11.6. The van der Waals surface area contributed by atoms with Gasteiger partial charge >= 0.3 is 35.8 Å². The van der Waals surface area contributed by atoms with Gasteiger partial charge in [-0.3, -0.25) is 28.8 Å². The van der Waals surface area contributed by atoms with E-state index in [2.05, 4.69) is 15.9 Å². The Morgan fingerprint density at radius 3 is 1.31 bits per heavy atom. The summed E-state index contributed by atoms with van der Waals surface area (Å²) in [5.74, 6) is -14.7. The first-order valence-electron chi connectivity index (χ1n) is 11.3. The molecule has 0 spiro atoms. The fourth-order valence-corrected chi connectivity index (χ4v) is 4.75. The SMILES string of the molecule is COC(=O)C(C(=O)OC)C(C[C@H](c1cc(OC)ccc1Br)C(C(=O)OC)C(=O)OC)C(C(=O)OC)C(=O)OC. The van der Waals surface area contributed by atoms with Crippen molar-refractivity contribution in [3.8, 4) is 5.75 Å². The van der Waals surface area contributed by atoms with Gasteiger partial charge in [-0.1, -0.05) is 15.9 Å². The van der Waals surface area contributed by atoms with Crippen LogP contribution in [0.25, 0.3) is 0 Å². The van der Waals surface area contributed by atoms with Crippen molar-refractivity contribution >= 4 is 51.7 Å². The number of carbonyl (C=O) groups excluding carboxylic acids is 6. The molecular formula is C25H31BrO13. The molecule has 0 saturated carbocycles. The first-order chi connectivity index (χ1) is 18.5. The first kappa shape index (κ1) is 33.3. The molecule has 0 unspecified atom stereocenters. The van der Waals surface area contributed by atoms with E-state index in [0.717, 1.165) is 42.7 Å². The van der Waals surface area contributed by atoms with E-state index in [9.17, 15) is 28.8 Å². The van der Waals surface area contributed by atoms with Crippen LogP contribution in [-0.4, -0.2) is 85.6 Å². The summed E-state index contributed by atoms with van der Waals surface area (Å²) in [6.45, 7) is 0. The van der Waals surface area contributed by atoms with Crippen LogP contribution in [0.2, 0.25) is 0 Å². The van der Waals surface area contributed by atoms with Crippen molar-refractivity contribution in [3.63, 3.8) is 0 Å². The number of ether oxygens (including phenoxy) is 7. The molecule has 0 N–H and O–H groups in total. The standard InChI is InChI=1S/C25H31BrO13/c1-33-12-8-9-16(26)13(10-12)14(17(20(27)34-2)21(28)35-3)11-15(18(22(29)36-4)23(30)37-5)19(24(31)38-6)25(32)39-7/h8-10,14-15,17-19H,11H2,1-7H3/t14-/m1/s1. The van der Waals surface area contributed by atoms with E-state index in [4.69, 9.17) is 33.2 Å². The Morgan fingerprint density at radius 1 is 0.615 bits per heavy atom. The maximum atomic E-state index is 12.9. The second-order valence-corrected chi connectivity index (χ2v) is 8.82. The highest BCUT2D eigenvalue weighted by atomic mass is 79.9. The second kappa shape index (κ2) is 15.7. The third-order valence-corrected chi connectivity index (χ3v) is 6.84.